The Labute approximate surface area is 156 Å². The lowest BCUT2D eigenvalue weighted by atomic mass is 10.2. The Balaban J connectivity index is 4.23. The number of aldehydes is 1. The Kier molecular flexibility index (Phi) is 16.6. The second-order valence-corrected chi connectivity index (χ2v) is 5.36. The maximum atomic E-state index is 11.0. The maximum Gasteiger partial charge on any atom is 0.249 e. The van der Waals surface area contributed by atoms with E-state index in [1.54, 1.807) is 12.2 Å². The van der Waals surface area contributed by atoms with E-state index >= 15 is 0 Å². The van der Waals surface area contributed by atoms with Crippen LogP contribution in [0.25, 0.3) is 0 Å². The highest BCUT2D eigenvalue weighted by molar-refractivity contribution is 5.49. The molecule has 0 spiro atoms. The van der Waals surface area contributed by atoms with Crippen molar-refractivity contribution >= 4 is 6.29 Å². The molecule has 0 amide bonds. The van der Waals surface area contributed by atoms with Gasteiger partial charge in [-0.3, -0.25) is 10.1 Å². The minimum Gasteiger partial charge on any atom is -0.303 e. The third-order valence-corrected chi connectivity index (χ3v) is 3.16. The number of rotatable bonds is 14. The summed E-state index contributed by atoms with van der Waals surface area (Å²) in [5.41, 5.74) is 0.168. The Hall–Kier alpha value is -2.75. The first-order valence-corrected chi connectivity index (χ1v) is 8.94. The summed E-state index contributed by atoms with van der Waals surface area (Å²) in [7, 11) is 0. The summed E-state index contributed by atoms with van der Waals surface area (Å²) in [5.74, 6) is 0. The van der Waals surface area contributed by atoms with Gasteiger partial charge in [-0.15, -0.1) is 0 Å². The first-order chi connectivity index (χ1) is 12.7. The molecular weight excluding hydrogens is 326 g/mol. The predicted octanol–water partition coefficient (Wildman–Crippen LogP) is 6.04. The highest BCUT2D eigenvalue weighted by atomic mass is 16.6. The summed E-state index contributed by atoms with van der Waals surface area (Å²) in [6.07, 6.45) is 29.6. The third-order valence-electron chi connectivity index (χ3n) is 3.16. The van der Waals surface area contributed by atoms with E-state index in [1.165, 1.54) is 6.08 Å². The van der Waals surface area contributed by atoms with E-state index in [4.69, 9.17) is 0 Å². The van der Waals surface area contributed by atoms with Crippen LogP contribution in [0, 0.1) is 10.1 Å². The zero-order valence-electron chi connectivity index (χ0n) is 15.5. The topological polar surface area (TPSA) is 60.2 Å². The van der Waals surface area contributed by atoms with Crippen molar-refractivity contribution in [3.63, 3.8) is 0 Å². The van der Waals surface area contributed by atoms with Crippen molar-refractivity contribution in [3.8, 4) is 0 Å². The molecule has 0 rings (SSSR count). The summed E-state index contributed by atoms with van der Waals surface area (Å²) in [5, 5.41) is 11.0. The van der Waals surface area contributed by atoms with Gasteiger partial charge in [0.15, 0.2) is 0 Å². The van der Waals surface area contributed by atoms with Crippen LogP contribution in [-0.4, -0.2) is 11.2 Å². The van der Waals surface area contributed by atoms with Gasteiger partial charge in [0.1, 0.15) is 6.29 Å². The Morgan fingerprint density at radius 3 is 2.19 bits per heavy atom. The Morgan fingerprint density at radius 2 is 1.46 bits per heavy atom. The van der Waals surface area contributed by atoms with Gasteiger partial charge in [-0.2, -0.15) is 0 Å². The van der Waals surface area contributed by atoms with E-state index < -0.39 is 0 Å². The summed E-state index contributed by atoms with van der Waals surface area (Å²) in [4.78, 5) is 20.8. The van der Waals surface area contributed by atoms with Gasteiger partial charge in [0.25, 0.3) is 0 Å². The van der Waals surface area contributed by atoms with Crippen LogP contribution in [0.2, 0.25) is 0 Å². The molecule has 0 aliphatic carbocycles. The highest BCUT2D eigenvalue weighted by Crippen LogP contribution is 2.05. The van der Waals surface area contributed by atoms with Crippen LogP contribution in [0.15, 0.2) is 84.7 Å². The molecule has 4 nitrogen and oxygen atoms in total. The van der Waals surface area contributed by atoms with E-state index in [0.29, 0.717) is 12.8 Å². The standard InChI is InChI=1S/C22H29NO3/c1-2-3-4-5-13-16-19-22(23(25)26)20-17-14-11-9-7-6-8-10-12-15-18-21-24/h3-4,6-7,9-14,16-17,20-21H,2,5,8,15,18-19H2,1H3/b4-3-,7-6-,11-9-,12-10-,16-13-,17-14-,22-20+. The minimum absolute atomic E-state index is 0.168. The van der Waals surface area contributed by atoms with Gasteiger partial charge in [0.05, 0.1) is 11.3 Å². The molecule has 4 heteroatoms. The molecule has 26 heavy (non-hydrogen) atoms. The molecule has 0 radical (unpaired) electrons. The van der Waals surface area contributed by atoms with Crippen molar-refractivity contribution in [2.24, 2.45) is 0 Å². The molecule has 0 saturated heterocycles. The second kappa shape index (κ2) is 18.6. The second-order valence-electron chi connectivity index (χ2n) is 5.36. The number of carbonyl (C=O) groups excluding carboxylic acids is 1. The Morgan fingerprint density at radius 1 is 0.808 bits per heavy atom. The van der Waals surface area contributed by atoms with Crippen molar-refractivity contribution < 1.29 is 9.72 Å². The molecule has 0 heterocycles. The number of carbonyl (C=O) groups is 1. The summed E-state index contributed by atoms with van der Waals surface area (Å²) >= 11 is 0. The van der Waals surface area contributed by atoms with Crippen molar-refractivity contribution in [2.45, 2.75) is 45.4 Å². The zero-order valence-corrected chi connectivity index (χ0v) is 15.5. The highest BCUT2D eigenvalue weighted by Gasteiger charge is 2.05. The van der Waals surface area contributed by atoms with Gasteiger partial charge in [-0.1, -0.05) is 79.8 Å². The van der Waals surface area contributed by atoms with Crippen molar-refractivity contribution in [1.82, 2.24) is 0 Å². The number of nitrogens with zero attached hydrogens (tertiary/aromatic N) is 1. The lowest BCUT2D eigenvalue weighted by molar-refractivity contribution is -0.426. The molecule has 0 aromatic carbocycles. The van der Waals surface area contributed by atoms with Gasteiger partial charge >= 0.3 is 0 Å². The van der Waals surface area contributed by atoms with Crippen molar-refractivity contribution in [1.29, 1.82) is 0 Å². The van der Waals surface area contributed by atoms with Gasteiger partial charge in [0, 0.05) is 12.5 Å². The molecule has 0 atom stereocenters. The smallest absolute Gasteiger partial charge is 0.249 e. The largest absolute Gasteiger partial charge is 0.303 e. The lowest BCUT2D eigenvalue weighted by Gasteiger charge is -1.91. The normalized spacial score (nSPS) is 13.5. The average molecular weight is 355 g/mol. The van der Waals surface area contributed by atoms with Crippen LogP contribution >= 0.6 is 0 Å². The van der Waals surface area contributed by atoms with E-state index in [1.807, 2.05) is 54.7 Å². The van der Waals surface area contributed by atoms with E-state index in [0.717, 1.165) is 32.0 Å². The minimum atomic E-state index is -0.350. The fraction of sp³-hybridized carbons (Fsp3) is 0.318. The fourth-order valence-corrected chi connectivity index (χ4v) is 1.82. The summed E-state index contributed by atoms with van der Waals surface area (Å²) < 4.78 is 0. The van der Waals surface area contributed by atoms with Crippen LogP contribution in [0.5, 0.6) is 0 Å². The SMILES string of the molecule is CC/C=C\C/C=C\C\C(=C/C=C\C=C/C=C\C/C=C\CCC=O)[N+](=O)[O-]. The first kappa shape index (κ1) is 23.2. The molecule has 0 unspecified atom stereocenters. The number of nitro groups is 1. The quantitative estimate of drug-likeness (QED) is 0.0952. The molecule has 0 saturated carbocycles. The average Bonchev–Trinajstić information content (AvgIpc) is 2.63. The molecular formula is C22H29NO3. The van der Waals surface area contributed by atoms with Crippen LogP contribution in [0.4, 0.5) is 0 Å². The van der Waals surface area contributed by atoms with Crippen molar-refractivity contribution in [3.05, 3.63) is 94.8 Å². The Bertz CT molecular complexity index is 591. The van der Waals surface area contributed by atoms with Crippen LogP contribution in [0.1, 0.15) is 45.4 Å². The monoisotopic (exact) mass is 355 g/mol. The van der Waals surface area contributed by atoms with Gasteiger partial charge in [-0.25, -0.2) is 0 Å². The maximum absolute atomic E-state index is 11.0. The third kappa shape index (κ3) is 16.1. The summed E-state index contributed by atoms with van der Waals surface area (Å²) in [6, 6.07) is 0. The first-order valence-electron chi connectivity index (χ1n) is 8.94. The molecule has 0 N–H and O–H groups in total. The molecule has 0 aliphatic rings. The van der Waals surface area contributed by atoms with Gasteiger partial charge in [0.2, 0.25) is 5.70 Å². The number of hydrogen-bond donors (Lipinski definition) is 0. The number of unbranched alkanes of at least 4 members (excludes halogenated alkanes) is 1. The van der Waals surface area contributed by atoms with Gasteiger partial charge in [-0.05, 0) is 25.7 Å². The molecule has 0 aliphatic heterocycles. The van der Waals surface area contributed by atoms with Gasteiger partial charge < -0.3 is 4.79 Å². The number of hydrogen-bond acceptors (Lipinski definition) is 3. The number of allylic oxidation sites excluding steroid dienone is 13. The molecule has 140 valence electrons. The molecule has 0 bridgehead atoms. The predicted molar refractivity (Wildman–Crippen MR) is 109 cm³/mol. The van der Waals surface area contributed by atoms with Crippen molar-refractivity contribution in [2.75, 3.05) is 0 Å². The molecule has 0 fully saturated rings. The van der Waals surface area contributed by atoms with E-state index in [9.17, 15) is 14.9 Å². The summed E-state index contributed by atoms with van der Waals surface area (Å²) in [6.45, 7) is 2.07. The van der Waals surface area contributed by atoms with Crippen LogP contribution < -0.4 is 0 Å². The lowest BCUT2D eigenvalue weighted by Crippen LogP contribution is -1.96. The molecule has 0 aromatic heterocycles. The van der Waals surface area contributed by atoms with E-state index in [2.05, 4.69) is 13.0 Å². The van der Waals surface area contributed by atoms with E-state index in [-0.39, 0.29) is 10.6 Å². The zero-order chi connectivity index (χ0) is 19.3. The molecule has 0 aromatic rings. The fourth-order valence-electron chi connectivity index (χ4n) is 1.82. The van der Waals surface area contributed by atoms with Crippen LogP contribution in [-0.2, 0) is 4.79 Å². The van der Waals surface area contributed by atoms with Crippen LogP contribution in [0.3, 0.4) is 0 Å².